The molecule has 11 heteroatoms. The molecule has 2 aromatic heterocycles. The molecule has 0 bridgehead atoms. The molecule has 1 atom stereocenters. The molecule has 2 aromatic rings. The maximum Gasteiger partial charge on any atom is 0.278 e. The van der Waals surface area contributed by atoms with Gasteiger partial charge < -0.3 is 20.1 Å². The summed E-state index contributed by atoms with van der Waals surface area (Å²) in [7, 11) is 0. The molecule has 4 rings (SSSR count). The number of anilines is 1. The van der Waals surface area contributed by atoms with E-state index >= 15 is 0 Å². The lowest BCUT2D eigenvalue weighted by Crippen LogP contribution is -2.34. The molecule has 174 valence electrons. The van der Waals surface area contributed by atoms with E-state index in [0.717, 1.165) is 0 Å². The third-order valence-corrected chi connectivity index (χ3v) is 5.77. The van der Waals surface area contributed by atoms with Crippen LogP contribution < -0.4 is 10.6 Å². The summed E-state index contributed by atoms with van der Waals surface area (Å²) in [6.07, 6.45) is 5.40. The van der Waals surface area contributed by atoms with Crippen molar-refractivity contribution < 1.29 is 27.8 Å². The van der Waals surface area contributed by atoms with Crippen molar-refractivity contribution in [2.75, 3.05) is 5.32 Å². The number of nitrogens with one attached hydrogen (secondary N) is 2. The first-order chi connectivity index (χ1) is 15.7. The van der Waals surface area contributed by atoms with Gasteiger partial charge in [-0.25, -0.2) is 13.8 Å². The number of carbonyl (C=O) groups excluding carboxylic acids is 2. The summed E-state index contributed by atoms with van der Waals surface area (Å²) < 4.78 is 38.0. The molecule has 1 aliphatic carbocycles. The van der Waals surface area contributed by atoms with Crippen molar-refractivity contribution in [1.29, 1.82) is 0 Å². The number of rotatable bonds is 6. The second-order valence-electron chi connectivity index (χ2n) is 7.82. The number of ether oxygens (including phenoxy) is 2. The molecule has 1 aliphatic heterocycles. The zero-order valence-corrected chi connectivity index (χ0v) is 18.4. The van der Waals surface area contributed by atoms with Crippen LogP contribution in [0.15, 0.2) is 43.1 Å². The monoisotopic (exact) mass is 478 g/mol. The van der Waals surface area contributed by atoms with Crippen LogP contribution in [0.4, 0.5) is 14.5 Å². The molecule has 1 unspecified atom stereocenters. The molecule has 0 saturated heterocycles. The molecule has 0 spiro atoms. The van der Waals surface area contributed by atoms with Gasteiger partial charge in [0.15, 0.2) is 0 Å². The van der Waals surface area contributed by atoms with Crippen LogP contribution in [0.25, 0.3) is 0 Å². The highest BCUT2D eigenvalue weighted by Gasteiger charge is 2.40. The van der Waals surface area contributed by atoms with Crippen LogP contribution in [0.3, 0.4) is 0 Å². The smallest absolute Gasteiger partial charge is 0.278 e. The highest BCUT2D eigenvalue weighted by molar-refractivity contribution is 6.29. The normalized spacial score (nSPS) is 20.1. The van der Waals surface area contributed by atoms with Crippen molar-refractivity contribution in [2.45, 2.75) is 50.4 Å². The summed E-state index contributed by atoms with van der Waals surface area (Å²) >= 11 is 6.06. The van der Waals surface area contributed by atoms with E-state index in [1.807, 2.05) is 6.92 Å². The van der Waals surface area contributed by atoms with Crippen molar-refractivity contribution in [2.24, 2.45) is 0 Å². The van der Waals surface area contributed by atoms with Crippen LogP contribution in [0.2, 0.25) is 5.15 Å². The van der Waals surface area contributed by atoms with Gasteiger partial charge in [0.2, 0.25) is 5.92 Å². The van der Waals surface area contributed by atoms with Gasteiger partial charge in [-0.15, -0.1) is 0 Å². The number of amides is 2. The molecule has 1 saturated carbocycles. The Kier molecular flexibility index (Phi) is 6.20. The molecule has 8 nitrogen and oxygen atoms in total. The predicted molar refractivity (Wildman–Crippen MR) is 115 cm³/mol. The molecule has 3 heterocycles. The van der Waals surface area contributed by atoms with Crippen LogP contribution >= 0.6 is 11.6 Å². The zero-order valence-electron chi connectivity index (χ0n) is 17.6. The number of halogens is 3. The van der Waals surface area contributed by atoms with E-state index in [1.165, 1.54) is 43.1 Å². The van der Waals surface area contributed by atoms with Gasteiger partial charge in [-0.05, 0) is 24.6 Å². The second kappa shape index (κ2) is 8.93. The van der Waals surface area contributed by atoms with Gasteiger partial charge in [0.05, 0.1) is 17.4 Å². The van der Waals surface area contributed by atoms with Crippen molar-refractivity contribution in [1.82, 2.24) is 15.3 Å². The summed E-state index contributed by atoms with van der Waals surface area (Å²) in [6, 6.07) is 3.62. The van der Waals surface area contributed by atoms with E-state index < -0.39 is 36.0 Å². The van der Waals surface area contributed by atoms with Gasteiger partial charge in [0, 0.05) is 37.1 Å². The highest BCUT2D eigenvalue weighted by atomic mass is 35.5. The number of pyridine rings is 2. The Morgan fingerprint density at radius 3 is 2.64 bits per heavy atom. The number of nitrogens with zero attached hydrogens (tertiary/aromatic N) is 2. The first kappa shape index (κ1) is 22.9. The molecule has 2 aliphatic rings. The maximum absolute atomic E-state index is 13.4. The van der Waals surface area contributed by atoms with Crippen LogP contribution in [0.1, 0.15) is 59.0 Å². The predicted octanol–water partition coefficient (Wildman–Crippen LogP) is 4.38. The van der Waals surface area contributed by atoms with Crippen molar-refractivity contribution in [3.05, 3.63) is 65.1 Å². The van der Waals surface area contributed by atoms with E-state index in [-0.39, 0.29) is 29.3 Å². The van der Waals surface area contributed by atoms with E-state index in [4.69, 9.17) is 21.1 Å². The molecule has 1 fully saturated rings. The van der Waals surface area contributed by atoms with Crippen molar-refractivity contribution in [3.8, 4) is 0 Å². The summed E-state index contributed by atoms with van der Waals surface area (Å²) in [5.74, 6) is -5.11. The Morgan fingerprint density at radius 1 is 1.21 bits per heavy atom. The fourth-order valence-corrected chi connectivity index (χ4v) is 4.01. The Bertz CT molecular complexity index is 1100. The Morgan fingerprint density at radius 2 is 1.97 bits per heavy atom. The molecule has 2 amide bonds. The molecular weight excluding hydrogens is 458 g/mol. The highest BCUT2D eigenvalue weighted by Crippen LogP contribution is 2.40. The van der Waals surface area contributed by atoms with Crippen molar-refractivity contribution >= 4 is 29.1 Å². The van der Waals surface area contributed by atoms with Gasteiger partial charge in [-0.3, -0.25) is 14.6 Å². The number of hydrogen-bond donors (Lipinski definition) is 2. The Balaban J connectivity index is 1.52. The van der Waals surface area contributed by atoms with Crippen LogP contribution in [-0.4, -0.2) is 33.7 Å². The standard InChI is InChI=1S/C22H21ClF2N4O4/c1-2-22(32-7-8-33-22)15-10-18(23)27-12-17(15)29-19(30)13-4-6-26-16(9-13)20(31)28-14-3-5-21(24,25)11-14/h4,6-10,12,14H,2-3,5,11H2,1H3,(H,28,31)(H,29,30). The van der Waals surface area contributed by atoms with Gasteiger partial charge >= 0.3 is 0 Å². The van der Waals surface area contributed by atoms with Gasteiger partial charge in [0.25, 0.3) is 17.6 Å². The fraction of sp³-hybridized carbons (Fsp3) is 0.364. The van der Waals surface area contributed by atoms with Crippen LogP contribution in [0.5, 0.6) is 0 Å². The molecule has 2 N–H and O–H groups in total. The average molecular weight is 479 g/mol. The molecule has 0 radical (unpaired) electrons. The lowest BCUT2D eigenvalue weighted by atomic mass is 10.0. The number of hydrogen-bond acceptors (Lipinski definition) is 6. The third-order valence-electron chi connectivity index (χ3n) is 5.56. The minimum Gasteiger partial charge on any atom is -0.453 e. The minimum absolute atomic E-state index is 0.0518. The fourth-order valence-electron chi connectivity index (χ4n) is 3.85. The van der Waals surface area contributed by atoms with Crippen LogP contribution in [0, 0.1) is 0 Å². The SMILES string of the molecule is CCC1(c2cc(Cl)ncc2NC(=O)c2ccnc(C(=O)NC3CCC(F)(F)C3)c2)OC=CO1. The molecular formula is C22H21ClF2N4O4. The summed E-state index contributed by atoms with van der Waals surface area (Å²) in [5, 5.41) is 5.48. The number of alkyl halides is 2. The third kappa shape index (κ3) is 4.90. The van der Waals surface area contributed by atoms with E-state index in [1.54, 1.807) is 0 Å². The molecule has 0 aromatic carbocycles. The van der Waals surface area contributed by atoms with Gasteiger partial charge in [-0.2, -0.15) is 0 Å². The lowest BCUT2D eigenvalue weighted by Gasteiger charge is -2.28. The molecule has 33 heavy (non-hydrogen) atoms. The van der Waals surface area contributed by atoms with Gasteiger partial charge in [0.1, 0.15) is 23.4 Å². The van der Waals surface area contributed by atoms with Crippen LogP contribution in [-0.2, 0) is 15.3 Å². The van der Waals surface area contributed by atoms with Gasteiger partial charge in [-0.1, -0.05) is 18.5 Å². The van der Waals surface area contributed by atoms with E-state index in [0.29, 0.717) is 17.7 Å². The Labute approximate surface area is 193 Å². The topological polar surface area (TPSA) is 102 Å². The second-order valence-corrected chi connectivity index (χ2v) is 8.21. The number of aromatic nitrogens is 2. The largest absolute Gasteiger partial charge is 0.453 e. The average Bonchev–Trinajstić information content (AvgIpc) is 3.41. The van der Waals surface area contributed by atoms with E-state index in [9.17, 15) is 18.4 Å². The quantitative estimate of drug-likeness (QED) is 0.597. The lowest BCUT2D eigenvalue weighted by molar-refractivity contribution is -0.151. The zero-order chi connectivity index (χ0) is 23.6. The first-order valence-corrected chi connectivity index (χ1v) is 10.7. The Hall–Kier alpha value is -3.27. The van der Waals surface area contributed by atoms with Crippen molar-refractivity contribution in [3.63, 3.8) is 0 Å². The summed E-state index contributed by atoms with van der Waals surface area (Å²) in [4.78, 5) is 33.4. The summed E-state index contributed by atoms with van der Waals surface area (Å²) in [5.41, 5.74) is 0.872. The van der Waals surface area contributed by atoms with E-state index in [2.05, 4.69) is 20.6 Å². The summed E-state index contributed by atoms with van der Waals surface area (Å²) in [6.45, 7) is 1.85. The number of carbonyl (C=O) groups is 2. The maximum atomic E-state index is 13.4. The first-order valence-electron chi connectivity index (χ1n) is 10.3. The minimum atomic E-state index is -2.78.